The summed E-state index contributed by atoms with van der Waals surface area (Å²) in [4.78, 5) is 14.1. The van der Waals surface area contributed by atoms with Crippen molar-refractivity contribution >= 4 is 31.3 Å². The number of fused-ring (bicyclic) bond motifs is 1. The molecular weight excluding hydrogens is 461 g/mol. The normalized spacial score (nSPS) is 12.1. The largest absolute Gasteiger partial charge is 0.573 e. The lowest BCUT2D eigenvalue weighted by atomic mass is 10.0. The molecular formula is C23H15F3O4S2. The van der Waals surface area contributed by atoms with Crippen LogP contribution < -0.4 is 10.2 Å². The van der Waals surface area contributed by atoms with Gasteiger partial charge in [-0.2, -0.15) is 0 Å². The highest BCUT2D eigenvalue weighted by Crippen LogP contribution is 2.38. The maximum atomic E-state index is 13.4. The van der Waals surface area contributed by atoms with Crippen LogP contribution in [0.3, 0.4) is 0 Å². The van der Waals surface area contributed by atoms with E-state index in [4.69, 9.17) is 0 Å². The summed E-state index contributed by atoms with van der Waals surface area (Å²) < 4.78 is 65.7. The van der Waals surface area contributed by atoms with Crippen LogP contribution in [0.5, 0.6) is 5.75 Å². The van der Waals surface area contributed by atoms with Crippen LogP contribution in [0.2, 0.25) is 0 Å². The highest BCUT2D eigenvalue weighted by molar-refractivity contribution is 7.90. The first-order valence-electron chi connectivity index (χ1n) is 9.25. The first-order valence-corrected chi connectivity index (χ1v) is 12.0. The van der Waals surface area contributed by atoms with Gasteiger partial charge in [0.05, 0.1) is 4.90 Å². The Bertz CT molecular complexity index is 1450. The van der Waals surface area contributed by atoms with E-state index in [1.165, 1.54) is 35.6 Å². The minimum absolute atomic E-state index is 0.143. The van der Waals surface area contributed by atoms with Gasteiger partial charge in [-0.3, -0.25) is 4.79 Å². The Hall–Kier alpha value is -3.17. The summed E-state index contributed by atoms with van der Waals surface area (Å²) in [6.07, 6.45) is -3.71. The molecule has 4 nitrogen and oxygen atoms in total. The van der Waals surface area contributed by atoms with E-state index in [2.05, 4.69) is 4.74 Å². The second-order valence-electron chi connectivity index (χ2n) is 7.00. The average Bonchev–Trinajstić information content (AvgIpc) is 2.73. The molecule has 1 heterocycles. The van der Waals surface area contributed by atoms with E-state index in [9.17, 15) is 26.4 Å². The fraction of sp³-hybridized carbons (Fsp3) is 0.0870. The first-order chi connectivity index (χ1) is 15.0. The number of hydrogen-bond donors (Lipinski definition) is 0. The predicted octanol–water partition coefficient (Wildman–Crippen LogP) is 5.90. The Morgan fingerprint density at radius 3 is 2.03 bits per heavy atom. The molecule has 0 amide bonds. The van der Waals surface area contributed by atoms with Crippen molar-refractivity contribution in [3.05, 3.63) is 83.0 Å². The average molecular weight is 476 g/mol. The van der Waals surface area contributed by atoms with Crippen molar-refractivity contribution in [2.75, 3.05) is 6.26 Å². The quantitative estimate of drug-likeness (QED) is 0.368. The zero-order valence-electron chi connectivity index (χ0n) is 16.5. The smallest absolute Gasteiger partial charge is 0.406 e. The molecule has 164 valence electrons. The second kappa shape index (κ2) is 8.07. The molecule has 0 fully saturated rings. The maximum absolute atomic E-state index is 13.4. The lowest BCUT2D eigenvalue weighted by Gasteiger charge is -2.13. The molecule has 0 bridgehead atoms. The van der Waals surface area contributed by atoms with E-state index < -0.39 is 21.9 Å². The molecule has 0 atom stereocenters. The Balaban J connectivity index is 1.91. The van der Waals surface area contributed by atoms with Gasteiger partial charge in [0.1, 0.15) is 5.75 Å². The molecule has 0 N–H and O–H groups in total. The van der Waals surface area contributed by atoms with Crippen LogP contribution in [0.1, 0.15) is 0 Å². The van der Waals surface area contributed by atoms with Crippen LogP contribution in [0, 0.1) is 0 Å². The van der Waals surface area contributed by atoms with Crippen molar-refractivity contribution in [3.63, 3.8) is 0 Å². The fourth-order valence-electron chi connectivity index (χ4n) is 3.28. The maximum Gasteiger partial charge on any atom is 0.573 e. The minimum atomic E-state index is -4.82. The number of ether oxygens (including phenoxy) is 1. The topological polar surface area (TPSA) is 60.4 Å². The fourth-order valence-corrected chi connectivity index (χ4v) is 5.12. The van der Waals surface area contributed by atoms with Gasteiger partial charge < -0.3 is 4.74 Å². The van der Waals surface area contributed by atoms with Crippen LogP contribution in [0.15, 0.2) is 82.5 Å². The molecule has 32 heavy (non-hydrogen) atoms. The van der Waals surface area contributed by atoms with Gasteiger partial charge in [-0.15, -0.1) is 24.5 Å². The third-order valence-corrected chi connectivity index (χ3v) is 7.07. The predicted molar refractivity (Wildman–Crippen MR) is 119 cm³/mol. The van der Waals surface area contributed by atoms with Crippen LogP contribution in [-0.2, 0) is 9.84 Å². The van der Waals surface area contributed by atoms with Gasteiger partial charge >= 0.3 is 6.36 Å². The van der Waals surface area contributed by atoms with Gasteiger partial charge in [-0.25, -0.2) is 8.42 Å². The number of sulfone groups is 1. The van der Waals surface area contributed by atoms with Gasteiger partial charge in [0, 0.05) is 26.8 Å². The second-order valence-corrected chi connectivity index (χ2v) is 10.1. The van der Waals surface area contributed by atoms with Crippen molar-refractivity contribution < 1.29 is 26.3 Å². The standard InChI is InChI=1S/C23H15F3O4S2/c1-32(28,29)17-12-8-15(9-13-17)22-20(21(27)18-4-2-3-5-19(18)31-22)14-6-10-16(11-7-14)30-23(24,25)26/h2-13H,1H3. The Morgan fingerprint density at radius 1 is 0.844 bits per heavy atom. The van der Waals surface area contributed by atoms with E-state index in [-0.39, 0.29) is 10.3 Å². The number of rotatable bonds is 4. The molecule has 4 rings (SSSR count). The molecule has 9 heteroatoms. The SMILES string of the molecule is CS(=O)(=O)c1ccc(-c2sc3ccccc3c(=O)c2-c2ccc(OC(F)(F)F)cc2)cc1. The van der Waals surface area contributed by atoms with Gasteiger partial charge in [0.15, 0.2) is 15.3 Å². The highest BCUT2D eigenvalue weighted by Gasteiger charge is 2.31. The summed E-state index contributed by atoms with van der Waals surface area (Å²) in [7, 11) is -3.39. The Morgan fingerprint density at radius 2 is 1.44 bits per heavy atom. The van der Waals surface area contributed by atoms with Crippen LogP contribution in [0.4, 0.5) is 13.2 Å². The van der Waals surface area contributed by atoms with E-state index in [0.29, 0.717) is 27.0 Å². The Kier molecular flexibility index (Phi) is 5.56. The lowest BCUT2D eigenvalue weighted by molar-refractivity contribution is -0.274. The zero-order valence-corrected chi connectivity index (χ0v) is 18.1. The van der Waals surface area contributed by atoms with Gasteiger partial charge in [0.2, 0.25) is 0 Å². The van der Waals surface area contributed by atoms with E-state index >= 15 is 0 Å². The number of benzene rings is 3. The third-order valence-electron chi connectivity index (χ3n) is 4.72. The van der Waals surface area contributed by atoms with E-state index in [1.807, 2.05) is 0 Å². The van der Waals surface area contributed by atoms with Crippen LogP contribution in [-0.4, -0.2) is 21.0 Å². The Labute approximate surface area is 185 Å². The van der Waals surface area contributed by atoms with Crippen molar-refractivity contribution in [3.8, 4) is 27.3 Å². The summed E-state index contributed by atoms with van der Waals surface area (Å²) in [6.45, 7) is 0. The van der Waals surface area contributed by atoms with Gasteiger partial charge in [-0.1, -0.05) is 36.4 Å². The van der Waals surface area contributed by atoms with Crippen molar-refractivity contribution in [2.45, 2.75) is 11.3 Å². The summed E-state index contributed by atoms with van der Waals surface area (Å²) in [6, 6.07) is 18.3. The molecule has 3 aromatic carbocycles. The van der Waals surface area contributed by atoms with Gasteiger partial charge in [0.25, 0.3) is 0 Å². The summed E-state index contributed by atoms with van der Waals surface area (Å²) >= 11 is 1.34. The highest BCUT2D eigenvalue weighted by atomic mass is 32.2. The minimum Gasteiger partial charge on any atom is -0.406 e. The monoisotopic (exact) mass is 476 g/mol. The zero-order chi connectivity index (χ0) is 23.1. The summed E-state index contributed by atoms with van der Waals surface area (Å²) in [5.74, 6) is -0.391. The molecule has 1 aromatic heterocycles. The van der Waals surface area contributed by atoms with Crippen LogP contribution in [0.25, 0.3) is 31.7 Å². The molecule has 0 spiro atoms. The molecule has 0 aliphatic rings. The molecule has 0 radical (unpaired) electrons. The summed E-state index contributed by atoms with van der Waals surface area (Å²) in [5, 5.41) is 0.486. The number of halogens is 3. The molecule has 0 aliphatic heterocycles. The van der Waals surface area contributed by atoms with Crippen molar-refractivity contribution in [2.24, 2.45) is 0 Å². The van der Waals surface area contributed by atoms with Gasteiger partial charge in [-0.05, 0) is 47.5 Å². The molecule has 0 unspecified atom stereocenters. The number of hydrogen-bond acceptors (Lipinski definition) is 5. The number of alkyl halides is 3. The molecule has 0 saturated carbocycles. The van der Waals surface area contributed by atoms with E-state index in [0.717, 1.165) is 23.1 Å². The first kappa shape index (κ1) is 22.0. The molecule has 0 saturated heterocycles. The third kappa shape index (κ3) is 4.53. The van der Waals surface area contributed by atoms with Crippen molar-refractivity contribution in [1.82, 2.24) is 0 Å². The summed E-state index contributed by atoms with van der Waals surface area (Å²) in [5.41, 5.74) is 1.09. The molecule has 0 aliphatic carbocycles. The lowest BCUT2D eigenvalue weighted by Crippen LogP contribution is -2.17. The van der Waals surface area contributed by atoms with Crippen molar-refractivity contribution in [1.29, 1.82) is 0 Å². The van der Waals surface area contributed by atoms with Crippen LogP contribution >= 0.6 is 11.3 Å². The molecule has 4 aromatic rings. The van der Waals surface area contributed by atoms with E-state index in [1.54, 1.807) is 36.4 Å².